The van der Waals surface area contributed by atoms with E-state index in [9.17, 15) is 14.7 Å². The van der Waals surface area contributed by atoms with Gasteiger partial charge in [0.2, 0.25) is 0 Å². The molecule has 0 spiro atoms. The highest BCUT2D eigenvalue weighted by molar-refractivity contribution is 6.46. The Hall–Kier alpha value is -3.58. The first-order valence-electron chi connectivity index (χ1n) is 11.4. The van der Waals surface area contributed by atoms with Crippen LogP contribution in [0.2, 0.25) is 0 Å². The van der Waals surface area contributed by atoms with Crippen LogP contribution in [0.5, 0.6) is 11.5 Å². The van der Waals surface area contributed by atoms with Gasteiger partial charge < -0.3 is 24.4 Å². The quantitative estimate of drug-likeness (QED) is 0.234. The number of aliphatic hydroxyl groups excluding tert-OH is 1. The standard InChI is InChI=1S/C27H32N2O5/c1-5-17-34-21-14-13-20(18-22(21)33-4)24-23(25(30)19-11-9-8-10-12-19)26(31)27(32)29(24)16-15-28(6-2)7-3/h5,8-14,18,24,30H,1,6-7,15-17H2,2-4H3. The third-order valence-corrected chi connectivity index (χ3v) is 6.00. The molecule has 3 rings (SSSR count). The van der Waals surface area contributed by atoms with Gasteiger partial charge in [0.1, 0.15) is 12.4 Å². The summed E-state index contributed by atoms with van der Waals surface area (Å²) in [6.45, 7) is 10.7. The molecule has 34 heavy (non-hydrogen) atoms. The lowest BCUT2D eigenvalue weighted by atomic mass is 9.95. The Morgan fingerprint density at radius 3 is 2.44 bits per heavy atom. The molecule has 1 heterocycles. The predicted octanol–water partition coefficient (Wildman–Crippen LogP) is 4.02. The molecule has 1 aliphatic rings. The minimum absolute atomic E-state index is 0.0672. The van der Waals surface area contributed by atoms with Crippen molar-refractivity contribution in [3.05, 3.63) is 77.9 Å². The molecule has 1 aliphatic heterocycles. The fourth-order valence-electron chi connectivity index (χ4n) is 4.12. The van der Waals surface area contributed by atoms with E-state index >= 15 is 0 Å². The summed E-state index contributed by atoms with van der Waals surface area (Å²) in [5.74, 6) is -0.527. The van der Waals surface area contributed by atoms with Crippen LogP contribution in [0.1, 0.15) is 31.0 Å². The lowest BCUT2D eigenvalue weighted by molar-refractivity contribution is -0.140. The van der Waals surface area contributed by atoms with Crippen molar-refractivity contribution in [2.75, 3.05) is 39.9 Å². The molecule has 0 bridgehead atoms. The second kappa shape index (κ2) is 11.5. The number of hydrogen-bond donors (Lipinski definition) is 1. The molecule has 7 heteroatoms. The summed E-state index contributed by atoms with van der Waals surface area (Å²) in [5.41, 5.74) is 1.20. The van der Waals surface area contributed by atoms with Crippen LogP contribution in [-0.4, -0.2) is 66.5 Å². The molecule has 180 valence electrons. The van der Waals surface area contributed by atoms with Crippen LogP contribution in [0.4, 0.5) is 0 Å². The molecule has 2 aromatic carbocycles. The van der Waals surface area contributed by atoms with E-state index in [2.05, 4.69) is 25.3 Å². The number of nitrogens with zero attached hydrogens (tertiary/aromatic N) is 2. The van der Waals surface area contributed by atoms with E-state index < -0.39 is 17.7 Å². The fourth-order valence-corrected chi connectivity index (χ4v) is 4.12. The van der Waals surface area contributed by atoms with Gasteiger partial charge in [-0.05, 0) is 30.8 Å². The molecular weight excluding hydrogens is 432 g/mol. The largest absolute Gasteiger partial charge is 0.507 e. The van der Waals surface area contributed by atoms with Crippen molar-refractivity contribution >= 4 is 17.4 Å². The molecule has 2 aromatic rings. The number of rotatable bonds is 11. The minimum Gasteiger partial charge on any atom is -0.507 e. The van der Waals surface area contributed by atoms with Crippen molar-refractivity contribution in [2.45, 2.75) is 19.9 Å². The number of amides is 1. The van der Waals surface area contributed by atoms with Crippen molar-refractivity contribution in [1.29, 1.82) is 0 Å². The zero-order valence-corrected chi connectivity index (χ0v) is 20.0. The molecule has 0 aliphatic carbocycles. The summed E-state index contributed by atoms with van der Waals surface area (Å²) in [5, 5.41) is 11.1. The number of hydrogen-bond acceptors (Lipinski definition) is 6. The molecule has 0 aromatic heterocycles. The number of aliphatic hydroxyl groups is 1. The van der Waals surface area contributed by atoms with Gasteiger partial charge in [-0.1, -0.05) is 62.9 Å². The van der Waals surface area contributed by atoms with Gasteiger partial charge in [-0.2, -0.15) is 0 Å². The molecule has 1 atom stereocenters. The number of likely N-dealkylation sites (tertiary alicyclic amines) is 1. The first kappa shape index (κ1) is 25.1. The number of carbonyl (C=O) groups is 2. The molecule has 0 radical (unpaired) electrons. The van der Waals surface area contributed by atoms with Gasteiger partial charge >= 0.3 is 0 Å². The number of methoxy groups -OCH3 is 1. The maximum atomic E-state index is 13.2. The number of Topliss-reactive ketones (excluding diaryl/α,β-unsaturated/α-hetero) is 1. The number of ether oxygens (including phenoxy) is 2. The normalized spacial score (nSPS) is 17.3. The fraction of sp³-hybridized carbons (Fsp3) is 0.333. The van der Waals surface area contributed by atoms with Gasteiger partial charge in [-0.3, -0.25) is 9.59 Å². The van der Waals surface area contributed by atoms with Crippen LogP contribution in [-0.2, 0) is 9.59 Å². The molecule has 0 saturated carbocycles. The molecule has 1 saturated heterocycles. The van der Waals surface area contributed by atoms with E-state index in [4.69, 9.17) is 9.47 Å². The Balaban J connectivity index is 2.11. The van der Waals surface area contributed by atoms with Crippen molar-refractivity contribution in [3.63, 3.8) is 0 Å². The average Bonchev–Trinajstić information content (AvgIpc) is 3.13. The van der Waals surface area contributed by atoms with Gasteiger partial charge in [-0.25, -0.2) is 0 Å². The van der Waals surface area contributed by atoms with Crippen LogP contribution in [0.15, 0.2) is 66.8 Å². The van der Waals surface area contributed by atoms with E-state index in [1.54, 1.807) is 48.5 Å². The average molecular weight is 465 g/mol. The van der Waals surface area contributed by atoms with Gasteiger partial charge in [0, 0.05) is 18.7 Å². The maximum absolute atomic E-state index is 13.2. The Kier molecular flexibility index (Phi) is 8.49. The highest BCUT2D eigenvalue weighted by Crippen LogP contribution is 2.41. The lowest BCUT2D eigenvalue weighted by Crippen LogP contribution is -2.38. The summed E-state index contributed by atoms with van der Waals surface area (Å²) in [6, 6.07) is 13.3. The number of likely N-dealkylation sites (N-methyl/N-ethyl adjacent to an activating group) is 1. The lowest BCUT2D eigenvalue weighted by Gasteiger charge is -2.28. The van der Waals surface area contributed by atoms with E-state index in [-0.39, 0.29) is 11.3 Å². The first-order chi connectivity index (χ1) is 16.5. The molecule has 1 N–H and O–H groups in total. The third-order valence-electron chi connectivity index (χ3n) is 6.00. The monoisotopic (exact) mass is 464 g/mol. The summed E-state index contributed by atoms with van der Waals surface area (Å²) < 4.78 is 11.2. The van der Waals surface area contributed by atoms with Crippen LogP contribution >= 0.6 is 0 Å². The van der Waals surface area contributed by atoms with Crippen molar-refractivity contribution in [1.82, 2.24) is 9.80 Å². The van der Waals surface area contributed by atoms with E-state index in [1.165, 1.54) is 12.0 Å². The third kappa shape index (κ3) is 5.15. The Labute approximate surface area is 200 Å². The number of ketones is 1. The summed E-state index contributed by atoms with van der Waals surface area (Å²) in [6.07, 6.45) is 1.63. The maximum Gasteiger partial charge on any atom is 0.295 e. The minimum atomic E-state index is -0.752. The highest BCUT2D eigenvalue weighted by Gasteiger charge is 2.46. The molecule has 7 nitrogen and oxygen atoms in total. The zero-order valence-electron chi connectivity index (χ0n) is 20.0. The predicted molar refractivity (Wildman–Crippen MR) is 132 cm³/mol. The van der Waals surface area contributed by atoms with E-state index in [1.807, 2.05) is 6.07 Å². The highest BCUT2D eigenvalue weighted by atomic mass is 16.5. The SMILES string of the molecule is C=CCOc1ccc(C2C(=C(O)c3ccccc3)C(=O)C(=O)N2CCN(CC)CC)cc1OC. The Bertz CT molecular complexity index is 1060. The van der Waals surface area contributed by atoms with Crippen LogP contribution in [0.3, 0.4) is 0 Å². The van der Waals surface area contributed by atoms with Gasteiger partial charge in [0.15, 0.2) is 11.5 Å². The number of benzene rings is 2. The van der Waals surface area contributed by atoms with E-state index in [0.717, 1.165) is 13.1 Å². The second-order valence-corrected chi connectivity index (χ2v) is 7.90. The topological polar surface area (TPSA) is 79.3 Å². The second-order valence-electron chi connectivity index (χ2n) is 7.90. The summed E-state index contributed by atoms with van der Waals surface area (Å²) >= 11 is 0. The van der Waals surface area contributed by atoms with Gasteiger partial charge in [0.25, 0.3) is 11.7 Å². The van der Waals surface area contributed by atoms with Crippen molar-refractivity contribution in [2.24, 2.45) is 0 Å². The summed E-state index contributed by atoms with van der Waals surface area (Å²) in [4.78, 5) is 30.0. The van der Waals surface area contributed by atoms with Crippen molar-refractivity contribution in [3.8, 4) is 11.5 Å². The molecule has 1 fully saturated rings. The van der Waals surface area contributed by atoms with E-state index in [0.29, 0.717) is 42.3 Å². The Morgan fingerprint density at radius 1 is 1.12 bits per heavy atom. The van der Waals surface area contributed by atoms with Gasteiger partial charge in [-0.15, -0.1) is 0 Å². The first-order valence-corrected chi connectivity index (χ1v) is 11.4. The molecule has 1 unspecified atom stereocenters. The smallest absolute Gasteiger partial charge is 0.295 e. The van der Waals surface area contributed by atoms with Crippen LogP contribution in [0, 0.1) is 0 Å². The zero-order chi connectivity index (χ0) is 24.7. The summed E-state index contributed by atoms with van der Waals surface area (Å²) in [7, 11) is 1.53. The number of carbonyl (C=O) groups excluding carboxylic acids is 2. The van der Waals surface area contributed by atoms with Crippen molar-refractivity contribution < 1.29 is 24.2 Å². The molecule has 1 amide bonds. The molecular formula is C27H32N2O5. The van der Waals surface area contributed by atoms with Gasteiger partial charge in [0.05, 0.1) is 18.7 Å². The van der Waals surface area contributed by atoms with Crippen LogP contribution < -0.4 is 9.47 Å². The van der Waals surface area contributed by atoms with Crippen LogP contribution in [0.25, 0.3) is 5.76 Å². The Morgan fingerprint density at radius 2 is 1.82 bits per heavy atom.